The Bertz CT molecular complexity index is 551. The molecule has 2 fully saturated rings. The molecule has 0 unspecified atom stereocenters. The summed E-state index contributed by atoms with van der Waals surface area (Å²) in [6, 6.07) is -0.121. The monoisotopic (exact) mass is 340 g/mol. The quantitative estimate of drug-likeness (QED) is 0.895. The highest BCUT2D eigenvalue weighted by molar-refractivity contribution is 7.15. The summed E-state index contributed by atoms with van der Waals surface area (Å²) in [5.74, 6) is 0.247. The Morgan fingerprint density at radius 1 is 1.30 bits per heavy atom. The average Bonchev–Trinajstić information content (AvgIpc) is 3.18. The van der Waals surface area contributed by atoms with E-state index >= 15 is 0 Å². The molecule has 1 N–H and O–H groups in total. The first-order chi connectivity index (χ1) is 10.9. The van der Waals surface area contributed by atoms with Crippen molar-refractivity contribution in [1.29, 1.82) is 0 Å². The number of ether oxygens (including phenoxy) is 2. The largest absolute Gasteiger partial charge is 0.350 e. The summed E-state index contributed by atoms with van der Waals surface area (Å²) >= 11 is 1.43. The van der Waals surface area contributed by atoms with Crippen LogP contribution in [0.1, 0.15) is 38.6 Å². The molecule has 3 rings (SSSR count). The number of likely N-dealkylation sites (tertiary alicyclic amines) is 1. The van der Waals surface area contributed by atoms with Gasteiger partial charge in [0.25, 0.3) is 0 Å². The van der Waals surface area contributed by atoms with E-state index in [4.69, 9.17) is 9.47 Å². The van der Waals surface area contributed by atoms with E-state index in [9.17, 15) is 4.79 Å². The molecule has 23 heavy (non-hydrogen) atoms. The number of amides is 2. The van der Waals surface area contributed by atoms with E-state index < -0.39 is 0 Å². The number of anilines is 1. The molecule has 1 atom stereocenters. The van der Waals surface area contributed by atoms with Crippen LogP contribution in [0.15, 0.2) is 0 Å². The summed E-state index contributed by atoms with van der Waals surface area (Å²) in [6.07, 6.45) is 1.83. The number of hydrogen-bond donors (Lipinski definition) is 1. The Balaban J connectivity index is 1.58. The third kappa shape index (κ3) is 3.99. The average molecular weight is 340 g/mol. The van der Waals surface area contributed by atoms with Gasteiger partial charge in [-0.3, -0.25) is 5.32 Å². The number of carbonyl (C=O) groups excluding carboxylic acids is 1. The van der Waals surface area contributed by atoms with Gasteiger partial charge in [-0.2, -0.15) is 0 Å². The van der Waals surface area contributed by atoms with E-state index in [0.29, 0.717) is 24.9 Å². The summed E-state index contributed by atoms with van der Waals surface area (Å²) in [7, 11) is 0. The van der Waals surface area contributed by atoms with Crippen molar-refractivity contribution in [3.8, 4) is 0 Å². The van der Waals surface area contributed by atoms with Crippen LogP contribution in [0.4, 0.5) is 9.93 Å². The Labute approximate surface area is 140 Å². The number of piperidine rings is 1. The lowest BCUT2D eigenvalue weighted by Gasteiger charge is -2.34. The van der Waals surface area contributed by atoms with Crippen LogP contribution < -0.4 is 5.32 Å². The number of carbonyl (C=O) groups is 1. The van der Waals surface area contributed by atoms with Crippen molar-refractivity contribution < 1.29 is 14.3 Å². The molecule has 2 amide bonds. The minimum Gasteiger partial charge on any atom is -0.350 e. The molecular weight excluding hydrogens is 316 g/mol. The van der Waals surface area contributed by atoms with Crippen LogP contribution in [-0.4, -0.2) is 53.7 Å². The van der Waals surface area contributed by atoms with Crippen LogP contribution in [0.2, 0.25) is 0 Å². The summed E-state index contributed by atoms with van der Waals surface area (Å²) in [5.41, 5.74) is -0.0615. The van der Waals surface area contributed by atoms with Crippen molar-refractivity contribution in [2.45, 2.75) is 45.3 Å². The number of hydrogen-bond acceptors (Lipinski definition) is 6. The number of urea groups is 1. The molecule has 0 saturated carbocycles. The second kappa shape index (κ2) is 6.70. The van der Waals surface area contributed by atoms with Gasteiger partial charge >= 0.3 is 6.03 Å². The van der Waals surface area contributed by atoms with E-state index in [2.05, 4.69) is 36.3 Å². The number of nitrogens with zero attached hydrogens (tertiary/aromatic N) is 3. The van der Waals surface area contributed by atoms with Gasteiger partial charge in [0.15, 0.2) is 6.29 Å². The van der Waals surface area contributed by atoms with Gasteiger partial charge < -0.3 is 14.4 Å². The van der Waals surface area contributed by atoms with Gasteiger partial charge in [0.2, 0.25) is 5.13 Å². The first-order valence-corrected chi connectivity index (χ1v) is 8.88. The lowest BCUT2D eigenvalue weighted by Crippen LogP contribution is -2.45. The molecule has 2 aliphatic rings. The van der Waals surface area contributed by atoms with Crippen molar-refractivity contribution in [3.63, 3.8) is 0 Å². The predicted molar refractivity (Wildman–Crippen MR) is 87.6 cm³/mol. The number of aromatic nitrogens is 2. The maximum absolute atomic E-state index is 12.5. The zero-order valence-electron chi connectivity index (χ0n) is 13.9. The van der Waals surface area contributed by atoms with Crippen molar-refractivity contribution in [2.75, 3.05) is 31.6 Å². The third-order valence-corrected chi connectivity index (χ3v) is 5.32. The molecule has 2 saturated heterocycles. The number of nitrogens with one attached hydrogen (secondary N) is 1. The summed E-state index contributed by atoms with van der Waals surface area (Å²) in [5, 5.41) is 12.6. The van der Waals surface area contributed by atoms with Crippen LogP contribution in [-0.2, 0) is 14.9 Å². The van der Waals surface area contributed by atoms with E-state index in [1.807, 2.05) is 4.90 Å². The first-order valence-electron chi connectivity index (χ1n) is 8.06. The van der Waals surface area contributed by atoms with Crippen molar-refractivity contribution >= 4 is 22.5 Å². The molecule has 1 aromatic heterocycles. The topological polar surface area (TPSA) is 76.6 Å². The summed E-state index contributed by atoms with van der Waals surface area (Å²) < 4.78 is 11.2. The second-order valence-electron chi connectivity index (χ2n) is 7.05. The van der Waals surface area contributed by atoms with Gasteiger partial charge in [0.1, 0.15) is 5.01 Å². The first kappa shape index (κ1) is 16.6. The van der Waals surface area contributed by atoms with Gasteiger partial charge in [-0.1, -0.05) is 32.1 Å². The lowest BCUT2D eigenvalue weighted by molar-refractivity contribution is -0.0959. The van der Waals surface area contributed by atoms with Gasteiger partial charge in [0, 0.05) is 24.4 Å². The van der Waals surface area contributed by atoms with Crippen molar-refractivity contribution in [2.24, 2.45) is 5.92 Å². The molecule has 128 valence electrons. The van der Waals surface area contributed by atoms with Crippen LogP contribution >= 0.6 is 11.3 Å². The minimum absolute atomic E-state index is 0.0615. The zero-order valence-corrected chi connectivity index (χ0v) is 14.7. The van der Waals surface area contributed by atoms with Gasteiger partial charge in [-0.25, -0.2) is 4.79 Å². The third-order valence-electron chi connectivity index (χ3n) is 4.06. The Morgan fingerprint density at radius 2 is 2.04 bits per heavy atom. The molecule has 3 heterocycles. The molecule has 0 aromatic carbocycles. The predicted octanol–water partition coefficient (Wildman–Crippen LogP) is 2.45. The standard InChI is InChI=1S/C15H24N4O3S/c1-15(2,3)12-17-18-13(23-12)16-14(20)19-6-4-5-10(9-19)11-21-7-8-22-11/h10-11H,4-9H2,1-3H3,(H,16,18,20)/t10-/m0/s1. The summed E-state index contributed by atoms with van der Waals surface area (Å²) in [4.78, 5) is 14.3. The van der Waals surface area contributed by atoms with E-state index in [0.717, 1.165) is 24.4 Å². The zero-order chi connectivity index (χ0) is 16.4. The van der Waals surface area contributed by atoms with Crippen LogP contribution in [0, 0.1) is 5.92 Å². The second-order valence-corrected chi connectivity index (χ2v) is 8.03. The molecular formula is C15H24N4O3S. The van der Waals surface area contributed by atoms with Gasteiger partial charge in [0.05, 0.1) is 13.2 Å². The number of rotatable bonds is 2. The maximum atomic E-state index is 12.5. The fraction of sp³-hybridized carbons (Fsp3) is 0.800. The smallest absolute Gasteiger partial charge is 0.323 e. The van der Waals surface area contributed by atoms with E-state index in [1.165, 1.54) is 11.3 Å². The van der Waals surface area contributed by atoms with Crippen LogP contribution in [0.25, 0.3) is 0 Å². The molecule has 0 spiro atoms. The molecule has 7 nitrogen and oxygen atoms in total. The van der Waals surface area contributed by atoms with Crippen LogP contribution in [0.3, 0.4) is 0 Å². The Morgan fingerprint density at radius 3 is 2.70 bits per heavy atom. The fourth-order valence-corrected chi connectivity index (χ4v) is 3.60. The van der Waals surface area contributed by atoms with Crippen LogP contribution in [0.5, 0.6) is 0 Å². The molecule has 1 aromatic rings. The van der Waals surface area contributed by atoms with E-state index in [-0.39, 0.29) is 23.7 Å². The SMILES string of the molecule is CC(C)(C)c1nnc(NC(=O)N2CCC[C@H](C3OCCO3)C2)s1. The Hall–Kier alpha value is -1.25. The van der Waals surface area contributed by atoms with Crippen molar-refractivity contribution in [3.05, 3.63) is 5.01 Å². The lowest BCUT2D eigenvalue weighted by atomic mass is 9.98. The fourth-order valence-electron chi connectivity index (χ4n) is 2.81. The summed E-state index contributed by atoms with van der Waals surface area (Å²) in [6.45, 7) is 8.94. The Kier molecular flexibility index (Phi) is 4.84. The van der Waals surface area contributed by atoms with Gasteiger partial charge in [-0.15, -0.1) is 10.2 Å². The molecule has 0 radical (unpaired) electrons. The molecule has 8 heteroatoms. The highest BCUT2D eigenvalue weighted by atomic mass is 32.1. The van der Waals surface area contributed by atoms with E-state index in [1.54, 1.807) is 0 Å². The normalized spacial score (nSPS) is 23.3. The molecule has 0 bridgehead atoms. The maximum Gasteiger partial charge on any atom is 0.323 e. The molecule has 0 aliphatic carbocycles. The molecule has 2 aliphatic heterocycles. The van der Waals surface area contributed by atoms with Gasteiger partial charge in [-0.05, 0) is 12.8 Å². The minimum atomic E-state index is -0.167. The van der Waals surface area contributed by atoms with Crippen molar-refractivity contribution in [1.82, 2.24) is 15.1 Å². The highest BCUT2D eigenvalue weighted by Crippen LogP contribution is 2.29. The highest BCUT2D eigenvalue weighted by Gasteiger charge is 2.33.